The van der Waals surface area contributed by atoms with Crippen LogP contribution in [0.1, 0.15) is 43.8 Å². The molecule has 0 bridgehead atoms. The van der Waals surface area contributed by atoms with Crippen molar-refractivity contribution in [1.82, 2.24) is 15.0 Å². The first-order valence-corrected chi connectivity index (χ1v) is 10.6. The lowest BCUT2D eigenvalue weighted by Gasteiger charge is -2.26. The Morgan fingerprint density at radius 3 is 2.65 bits per heavy atom. The number of nitrogens with zero attached hydrogens (tertiary/aromatic N) is 2. The number of hydrogen-bond donors (Lipinski definition) is 1. The number of hydrogen-bond acceptors (Lipinski definition) is 4. The number of carbonyl (C=O) groups is 2. The second-order valence-electron chi connectivity index (χ2n) is 7.46. The summed E-state index contributed by atoms with van der Waals surface area (Å²) < 4.78 is 8.18. The maximum absolute atomic E-state index is 13.5. The predicted molar refractivity (Wildman–Crippen MR) is 119 cm³/mol. The highest BCUT2D eigenvalue weighted by molar-refractivity contribution is 9.10. The SMILES string of the molecule is Cc1onc(-c2ccc(Br)cc2)c1C(=O)c1cc2n(c1)[C@@H](c1ccccc1)CNC2=O. The summed E-state index contributed by atoms with van der Waals surface area (Å²) in [6.07, 6.45) is 1.76. The standard InChI is InChI=1S/C24H18BrN3O3/c1-14-21(22(27-31-14)16-7-9-18(25)10-8-16)23(29)17-11-19-24(30)26-12-20(28(19)13-17)15-5-3-2-4-6-15/h2-11,13,20H,12H2,1H3,(H,26,30)/t20-/m1/s1. The molecule has 2 aromatic heterocycles. The number of aryl methyl sites for hydroxylation is 1. The summed E-state index contributed by atoms with van der Waals surface area (Å²) >= 11 is 3.42. The molecule has 1 atom stereocenters. The molecule has 0 fully saturated rings. The van der Waals surface area contributed by atoms with Crippen molar-refractivity contribution in [3.63, 3.8) is 0 Å². The van der Waals surface area contributed by atoms with Crippen LogP contribution >= 0.6 is 15.9 Å². The van der Waals surface area contributed by atoms with Gasteiger partial charge in [0.2, 0.25) is 0 Å². The molecule has 4 aromatic rings. The molecule has 1 aliphatic heterocycles. The zero-order valence-corrected chi connectivity index (χ0v) is 18.2. The van der Waals surface area contributed by atoms with Gasteiger partial charge in [0.15, 0.2) is 5.78 Å². The first-order valence-electron chi connectivity index (χ1n) is 9.85. The maximum atomic E-state index is 13.5. The number of rotatable bonds is 4. The Kier molecular flexibility index (Phi) is 4.82. The number of fused-ring (bicyclic) bond motifs is 1. The number of aromatic nitrogens is 2. The van der Waals surface area contributed by atoms with Crippen molar-refractivity contribution < 1.29 is 14.1 Å². The van der Waals surface area contributed by atoms with Gasteiger partial charge in [-0.15, -0.1) is 0 Å². The molecule has 0 unspecified atom stereocenters. The average molecular weight is 476 g/mol. The highest BCUT2D eigenvalue weighted by atomic mass is 79.9. The van der Waals surface area contributed by atoms with Gasteiger partial charge in [-0.2, -0.15) is 0 Å². The van der Waals surface area contributed by atoms with E-state index in [1.807, 2.05) is 59.2 Å². The molecule has 3 heterocycles. The molecule has 1 N–H and O–H groups in total. The van der Waals surface area contributed by atoms with Gasteiger partial charge in [0.05, 0.1) is 11.6 Å². The van der Waals surface area contributed by atoms with Crippen molar-refractivity contribution in [3.8, 4) is 11.3 Å². The van der Waals surface area contributed by atoms with E-state index in [-0.39, 0.29) is 17.7 Å². The van der Waals surface area contributed by atoms with E-state index in [1.165, 1.54) is 0 Å². The fourth-order valence-corrected chi connectivity index (χ4v) is 4.23. The molecule has 0 aliphatic carbocycles. The molecule has 6 nitrogen and oxygen atoms in total. The Bertz CT molecular complexity index is 1290. The Morgan fingerprint density at radius 1 is 1.16 bits per heavy atom. The van der Waals surface area contributed by atoms with Crippen LogP contribution in [-0.4, -0.2) is 28.0 Å². The van der Waals surface area contributed by atoms with Gasteiger partial charge in [-0.1, -0.05) is 63.6 Å². The third kappa shape index (κ3) is 3.41. The van der Waals surface area contributed by atoms with Gasteiger partial charge in [-0.25, -0.2) is 0 Å². The number of halogens is 1. The lowest BCUT2D eigenvalue weighted by Crippen LogP contribution is -2.38. The van der Waals surface area contributed by atoms with Crippen molar-refractivity contribution in [3.05, 3.63) is 99.5 Å². The fraction of sp³-hybridized carbons (Fsp3) is 0.125. The summed E-state index contributed by atoms with van der Waals surface area (Å²) in [6.45, 7) is 2.19. The van der Waals surface area contributed by atoms with Crippen molar-refractivity contribution in [1.29, 1.82) is 0 Å². The Labute approximate surface area is 187 Å². The third-order valence-electron chi connectivity index (χ3n) is 5.53. The zero-order valence-electron chi connectivity index (χ0n) is 16.6. The van der Waals surface area contributed by atoms with Crippen LogP contribution in [-0.2, 0) is 0 Å². The molecular weight excluding hydrogens is 458 g/mol. The molecule has 5 rings (SSSR count). The maximum Gasteiger partial charge on any atom is 0.268 e. The van der Waals surface area contributed by atoms with E-state index in [9.17, 15) is 9.59 Å². The number of nitrogens with one attached hydrogen (secondary N) is 1. The van der Waals surface area contributed by atoms with Crippen LogP contribution in [0.2, 0.25) is 0 Å². The van der Waals surface area contributed by atoms with Crippen LogP contribution in [0, 0.1) is 6.92 Å². The summed E-state index contributed by atoms with van der Waals surface area (Å²) in [5, 5.41) is 7.05. The Morgan fingerprint density at radius 2 is 1.90 bits per heavy atom. The van der Waals surface area contributed by atoms with E-state index in [0.717, 1.165) is 15.6 Å². The van der Waals surface area contributed by atoms with Gasteiger partial charge in [-0.3, -0.25) is 9.59 Å². The molecule has 2 aromatic carbocycles. The summed E-state index contributed by atoms with van der Waals surface area (Å²) in [4.78, 5) is 26.0. The quantitative estimate of drug-likeness (QED) is 0.431. The summed E-state index contributed by atoms with van der Waals surface area (Å²) in [5.41, 5.74) is 3.63. The van der Waals surface area contributed by atoms with Crippen molar-refractivity contribution in [2.45, 2.75) is 13.0 Å². The second-order valence-corrected chi connectivity index (χ2v) is 8.37. The molecular formula is C24H18BrN3O3. The Hall–Kier alpha value is -3.45. The largest absolute Gasteiger partial charge is 0.360 e. The van der Waals surface area contributed by atoms with Crippen LogP contribution in [0.4, 0.5) is 0 Å². The molecule has 31 heavy (non-hydrogen) atoms. The lowest BCUT2D eigenvalue weighted by atomic mass is 9.99. The van der Waals surface area contributed by atoms with Crippen LogP contribution in [0.5, 0.6) is 0 Å². The summed E-state index contributed by atoms with van der Waals surface area (Å²) in [5.74, 6) is 0.0238. The van der Waals surface area contributed by atoms with Crippen molar-refractivity contribution in [2.75, 3.05) is 6.54 Å². The van der Waals surface area contributed by atoms with Crippen molar-refractivity contribution in [2.24, 2.45) is 0 Å². The van der Waals surface area contributed by atoms with Crippen LogP contribution in [0.15, 0.2) is 75.9 Å². The van der Waals surface area contributed by atoms with Gasteiger partial charge in [-0.05, 0) is 30.7 Å². The average Bonchev–Trinajstić information content (AvgIpc) is 3.40. The minimum absolute atomic E-state index is 0.0787. The number of amides is 1. The Balaban J connectivity index is 1.57. The first-order chi connectivity index (χ1) is 15.0. The van der Waals surface area contributed by atoms with Crippen molar-refractivity contribution >= 4 is 27.6 Å². The van der Waals surface area contributed by atoms with E-state index in [2.05, 4.69) is 26.4 Å². The van der Waals surface area contributed by atoms with Gasteiger partial charge in [0.25, 0.3) is 5.91 Å². The number of carbonyl (C=O) groups excluding carboxylic acids is 2. The van der Waals surface area contributed by atoms with E-state index in [4.69, 9.17) is 4.52 Å². The topological polar surface area (TPSA) is 77.1 Å². The van der Waals surface area contributed by atoms with Gasteiger partial charge < -0.3 is 14.4 Å². The van der Waals surface area contributed by atoms with E-state index in [0.29, 0.717) is 34.8 Å². The van der Waals surface area contributed by atoms with E-state index >= 15 is 0 Å². The van der Waals surface area contributed by atoms with Crippen LogP contribution in [0.3, 0.4) is 0 Å². The fourth-order valence-electron chi connectivity index (χ4n) is 3.96. The van der Waals surface area contributed by atoms with Gasteiger partial charge in [0, 0.05) is 28.3 Å². The smallest absolute Gasteiger partial charge is 0.268 e. The molecule has 0 saturated heterocycles. The third-order valence-corrected chi connectivity index (χ3v) is 6.06. The number of benzene rings is 2. The van der Waals surface area contributed by atoms with Crippen LogP contribution < -0.4 is 5.32 Å². The minimum atomic E-state index is -0.224. The molecule has 0 radical (unpaired) electrons. The molecule has 154 valence electrons. The van der Waals surface area contributed by atoms with Gasteiger partial charge >= 0.3 is 0 Å². The molecule has 0 spiro atoms. The molecule has 7 heteroatoms. The normalized spacial score (nSPS) is 15.4. The zero-order chi connectivity index (χ0) is 21.5. The molecule has 1 amide bonds. The van der Waals surface area contributed by atoms with Crippen LogP contribution in [0.25, 0.3) is 11.3 Å². The lowest BCUT2D eigenvalue weighted by molar-refractivity contribution is 0.0920. The predicted octanol–water partition coefficient (Wildman–Crippen LogP) is 4.78. The highest BCUT2D eigenvalue weighted by Gasteiger charge is 2.30. The highest BCUT2D eigenvalue weighted by Crippen LogP contribution is 2.31. The first kappa shape index (κ1) is 19.5. The monoisotopic (exact) mass is 475 g/mol. The number of ketones is 1. The summed E-state index contributed by atoms with van der Waals surface area (Å²) in [7, 11) is 0. The second kappa shape index (κ2) is 7.67. The summed E-state index contributed by atoms with van der Waals surface area (Å²) in [6, 6.07) is 19.0. The minimum Gasteiger partial charge on any atom is -0.360 e. The van der Waals surface area contributed by atoms with Gasteiger partial charge in [0.1, 0.15) is 17.1 Å². The molecule has 0 saturated carbocycles. The van der Waals surface area contributed by atoms with E-state index in [1.54, 1.807) is 19.2 Å². The van der Waals surface area contributed by atoms with E-state index < -0.39 is 0 Å². The molecule has 1 aliphatic rings.